The van der Waals surface area contributed by atoms with Gasteiger partial charge in [0.1, 0.15) is 0 Å². The summed E-state index contributed by atoms with van der Waals surface area (Å²) in [6, 6.07) is -0.330. The lowest BCUT2D eigenvalue weighted by Crippen LogP contribution is -2.23. The topological polar surface area (TPSA) is 78.5 Å². The van der Waals surface area contributed by atoms with Crippen LogP contribution in [0.2, 0.25) is 0 Å². The van der Waals surface area contributed by atoms with Gasteiger partial charge < -0.3 is 0 Å². The fourth-order valence-electron chi connectivity index (χ4n) is 2.12. The Morgan fingerprint density at radius 2 is 2.00 bits per heavy atom. The molecule has 0 aliphatic rings. The van der Waals surface area contributed by atoms with Gasteiger partial charge in [-0.1, -0.05) is 43.5 Å². The molecule has 2 rings (SSSR count). The minimum Gasteiger partial charge on any atom is -0.243 e. The van der Waals surface area contributed by atoms with Crippen LogP contribution in [0.15, 0.2) is 12.4 Å². The molecule has 0 aromatic carbocycles. The molecule has 0 bridgehead atoms. The summed E-state index contributed by atoms with van der Waals surface area (Å²) in [7, 11) is 0. The van der Waals surface area contributed by atoms with E-state index in [2.05, 4.69) is 34.5 Å². The van der Waals surface area contributed by atoms with Gasteiger partial charge >= 0.3 is 6.03 Å². The van der Waals surface area contributed by atoms with E-state index in [9.17, 15) is 4.79 Å². The molecule has 20 heavy (non-hydrogen) atoms. The van der Waals surface area contributed by atoms with Crippen molar-refractivity contribution in [3.8, 4) is 0 Å². The standard InChI is InChI=1S/C13H20N6O/c1-3-5-6-8-12-11(7-4-2)15-17-19(12)13(20)18-10-9-14-16-18/h9-10H,3-8H2,1-2H3. The zero-order valence-corrected chi connectivity index (χ0v) is 12.0. The normalized spacial score (nSPS) is 10.9. The molecule has 0 unspecified atom stereocenters. The number of hydrogen-bond acceptors (Lipinski definition) is 5. The Labute approximate surface area is 118 Å². The molecule has 0 atom stereocenters. The van der Waals surface area contributed by atoms with Crippen LogP contribution >= 0.6 is 0 Å². The van der Waals surface area contributed by atoms with Crippen molar-refractivity contribution in [3.05, 3.63) is 23.8 Å². The van der Waals surface area contributed by atoms with E-state index in [-0.39, 0.29) is 6.03 Å². The summed E-state index contributed by atoms with van der Waals surface area (Å²) in [6.07, 6.45) is 8.93. The van der Waals surface area contributed by atoms with Gasteiger partial charge in [-0.05, 0) is 19.3 Å². The van der Waals surface area contributed by atoms with Crippen molar-refractivity contribution < 1.29 is 4.79 Å². The summed E-state index contributed by atoms with van der Waals surface area (Å²) in [6.45, 7) is 4.25. The maximum absolute atomic E-state index is 12.3. The minimum absolute atomic E-state index is 0.330. The van der Waals surface area contributed by atoms with Crippen molar-refractivity contribution in [1.29, 1.82) is 0 Å². The summed E-state index contributed by atoms with van der Waals surface area (Å²) in [5.74, 6) is 0. The smallest absolute Gasteiger partial charge is 0.243 e. The van der Waals surface area contributed by atoms with Gasteiger partial charge in [0.2, 0.25) is 0 Å². The molecule has 7 heteroatoms. The number of rotatable bonds is 6. The van der Waals surface area contributed by atoms with Crippen molar-refractivity contribution in [2.24, 2.45) is 0 Å². The largest absolute Gasteiger partial charge is 0.372 e. The maximum Gasteiger partial charge on any atom is 0.372 e. The predicted molar refractivity (Wildman–Crippen MR) is 73.5 cm³/mol. The molecule has 0 fully saturated rings. The molecule has 0 amide bonds. The first kappa shape index (κ1) is 14.4. The lowest BCUT2D eigenvalue weighted by Gasteiger charge is -2.06. The highest BCUT2D eigenvalue weighted by molar-refractivity contribution is 5.77. The summed E-state index contributed by atoms with van der Waals surface area (Å²) in [5.41, 5.74) is 1.82. The Balaban J connectivity index is 2.24. The molecule has 0 N–H and O–H groups in total. The van der Waals surface area contributed by atoms with E-state index < -0.39 is 0 Å². The molecule has 0 spiro atoms. The average Bonchev–Trinajstić information content (AvgIpc) is 3.09. The number of nitrogens with zero attached hydrogens (tertiary/aromatic N) is 6. The van der Waals surface area contributed by atoms with Gasteiger partial charge in [-0.15, -0.1) is 10.2 Å². The Kier molecular flexibility index (Phi) is 4.97. The highest BCUT2D eigenvalue weighted by Gasteiger charge is 2.18. The van der Waals surface area contributed by atoms with E-state index in [0.717, 1.165) is 49.9 Å². The lowest BCUT2D eigenvalue weighted by atomic mass is 10.1. The summed E-state index contributed by atoms with van der Waals surface area (Å²) >= 11 is 0. The molecule has 0 saturated carbocycles. The molecule has 2 aromatic heterocycles. The Morgan fingerprint density at radius 3 is 2.65 bits per heavy atom. The molecule has 0 aliphatic heterocycles. The van der Waals surface area contributed by atoms with Crippen LogP contribution < -0.4 is 0 Å². The molecule has 0 aliphatic carbocycles. The second-order valence-corrected chi connectivity index (χ2v) is 4.73. The van der Waals surface area contributed by atoms with Gasteiger partial charge in [-0.3, -0.25) is 0 Å². The van der Waals surface area contributed by atoms with Crippen LogP contribution in [0.5, 0.6) is 0 Å². The van der Waals surface area contributed by atoms with Crippen LogP contribution in [-0.2, 0) is 12.8 Å². The van der Waals surface area contributed by atoms with Gasteiger partial charge in [0.25, 0.3) is 0 Å². The monoisotopic (exact) mass is 276 g/mol. The van der Waals surface area contributed by atoms with E-state index in [1.807, 2.05) is 0 Å². The average molecular weight is 276 g/mol. The Hall–Kier alpha value is -2.05. The van der Waals surface area contributed by atoms with Crippen molar-refractivity contribution in [2.75, 3.05) is 0 Å². The molecule has 2 aromatic rings. The number of aryl methyl sites for hydroxylation is 1. The van der Waals surface area contributed by atoms with Gasteiger partial charge in [-0.2, -0.15) is 9.36 Å². The van der Waals surface area contributed by atoms with Crippen LogP contribution in [0.4, 0.5) is 4.79 Å². The molecule has 0 radical (unpaired) electrons. The van der Waals surface area contributed by atoms with Gasteiger partial charge in [0.15, 0.2) is 0 Å². The summed E-state index contributed by atoms with van der Waals surface area (Å²) in [5, 5.41) is 15.5. The number of carbonyl (C=O) groups excluding carboxylic acids is 1. The first-order valence-electron chi connectivity index (χ1n) is 7.12. The number of hydrogen-bond donors (Lipinski definition) is 0. The third-order valence-corrected chi connectivity index (χ3v) is 3.15. The molecule has 108 valence electrons. The van der Waals surface area contributed by atoms with E-state index in [1.165, 1.54) is 21.8 Å². The van der Waals surface area contributed by atoms with Crippen molar-refractivity contribution >= 4 is 6.03 Å². The van der Waals surface area contributed by atoms with E-state index in [4.69, 9.17) is 0 Å². The molecule has 7 nitrogen and oxygen atoms in total. The van der Waals surface area contributed by atoms with Crippen LogP contribution in [0, 0.1) is 0 Å². The SMILES string of the molecule is CCCCCc1c(CCC)nnn1C(=O)n1ccnn1. The van der Waals surface area contributed by atoms with E-state index in [0.29, 0.717) is 0 Å². The Bertz CT molecular complexity index is 545. The van der Waals surface area contributed by atoms with Crippen LogP contribution in [0.3, 0.4) is 0 Å². The number of aromatic nitrogens is 6. The molecule has 2 heterocycles. The number of carbonyl (C=O) groups is 1. The quantitative estimate of drug-likeness (QED) is 0.755. The minimum atomic E-state index is -0.330. The van der Waals surface area contributed by atoms with E-state index in [1.54, 1.807) is 0 Å². The van der Waals surface area contributed by atoms with E-state index >= 15 is 0 Å². The third-order valence-electron chi connectivity index (χ3n) is 3.15. The number of unbranched alkanes of at least 4 members (excludes halogenated alkanes) is 2. The summed E-state index contributed by atoms with van der Waals surface area (Å²) < 4.78 is 2.53. The highest BCUT2D eigenvalue weighted by atomic mass is 16.2. The van der Waals surface area contributed by atoms with Crippen LogP contribution in [0.25, 0.3) is 0 Å². The third kappa shape index (κ3) is 3.09. The second kappa shape index (κ2) is 6.93. The van der Waals surface area contributed by atoms with Gasteiger partial charge in [0, 0.05) is 0 Å². The Morgan fingerprint density at radius 1 is 1.15 bits per heavy atom. The molecule has 0 saturated heterocycles. The first-order chi connectivity index (χ1) is 9.77. The second-order valence-electron chi connectivity index (χ2n) is 4.73. The summed E-state index contributed by atoms with van der Waals surface area (Å²) in [4.78, 5) is 12.3. The zero-order valence-electron chi connectivity index (χ0n) is 12.0. The van der Waals surface area contributed by atoms with Crippen molar-refractivity contribution in [1.82, 2.24) is 30.0 Å². The fraction of sp³-hybridized carbons (Fsp3) is 0.615. The molecular formula is C13H20N6O. The van der Waals surface area contributed by atoms with Gasteiger partial charge in [-0.25, -0.2) is 4.79 Å². The fourth-order valence-corrected chi connectivity index (χ4v) is 2.12. The maximum atomic E-state index is 12.3. The predicted octanol–water partition coefficient (Wildman–Crippen LogP) is 2.07. The van der Waals surface area contributed by atoms with Gasteiger partial charge in [0.05, 0.1) is 23.8 Å². The van der Waals surface area contributed by atoms with Crippen molar-refractivity contribution in [2.45, 2.75) is 52.4 Å². The first-order valence-corrected chi connectivity index (χ1v) is 7.12. The lowest BCUT2D eigenvalue weighted by molar-refractivity contribution is 0.236. The van der Waals surface area contributed by atoms with Crippen molar-refractivity contribution in [3.63, 3.8) is 0 Å². The zero-order chi connectivity index (χ0) is 14.4. The van der Waals surface area contributed by atoms with Crippen LogP contribution in [0.1, 0.15) is 50.9 Å². The van der Waals surface area contributed by atoms with Crippen LogP contribution in [-0.4, -0.2) is 36.0 Å². The molecular weight excluding hydrogens is 256 g/mol. The highest BCUT2D eigenvalue weighted by Crippen LogP contribution is 2.13.